The van der Waals surface area contributed by atoms with E-state index in [1.807, 2.05) is 0 Å². The van der Waals surface area contributed by atoms with Crippen LogP contribution in [-0.4, -0.2) is 0 Å². The van der Waals surface area contributed by atoms with Crippen molar-refractivity contribution >= 4 is 50.7 Å². The van der Waals surface area contributed by atoms with Crippen LogP contribution in [0.25, 0.3) is 0 Å². The van der Waals surface area contributed by atoms with Gasteiger partial charge in [-0.25, -0.2) is 4.39 Å². The maximum atomic E-state index is 13.8. The van der Waals surface area contributed by atoms with Crippen molar-refractivity contribution in [3.8, 4) is 11.5 Å². The second-order valence-corrected chi connectivity index (χ2v) is 5.63. The fourth-order valence-electron chi connectivity index (χ4n) is 1.41. The summed E-state index contributed by atoms with van der Waals surface area (Å²) in [5.41, 5.74) is 0.673. The van der Waals surface area contributed by atoms with E-state index in [1.165, 1.54) is 18.2 Å². The number of ether oxygens (including phenoxy) is 1. The second-order valence-electron chi connectivity index (χ2n) is 3.70. The number of rotatable bonds is 3. The van der Waals surface area contributed by atoms with Gasteiger partial charge in [0.15, 0.2) is 11.6 Å². The molecule has 0 heterocycles. The van der Waals surface area contributed by atoms with Gasteiger partial charge < -0.3 is 4.74 Å². The lowest BCUT2D eigenvalue weighted by molar-refractivity contribution is 0.442. The Kier molecular flexibility index (Phi) is 4.96. The second kappa shape index (κ2) is 6.31. The van der Waals surface area contributed by atoms with Crippen molar-refractivity contribution in [3.05, 3.63) is 56.2 Å². The highest BCUT2D eigenvalue weighted by Crippen LogP contribution is 2.37. The van der Waals surface area contributed by atoms with Crippen LogP contribution in [0.2, 0.25) is 10.0 Å². The normalized spacial score (nSPS) is 10.6. The minimum absolute atomic E-state index is 0.0640. The van der Waals surface area contributed by atoms with Gasteiger partial charge >= 0.3 is 0 Å². The summed E-state index contributed by atoms with van der Waals surface area (Å²) < 4.78 is 19.8. The molecule has 2 rings (SSSR count). The fraction of sp³-hybridized carbons (Fsp3) is 0.0769. The summed E-state index contributed by atoms with van der Waals surface area (Å²) >= 11 is 20.8. The molecule has 0 aliphatic heterocycles. The van der Waals surface area contributed by atoms with E-state index in [0.29, 0.717) is 20.1 Å². The Bertz CT molecular complexity index is 619. The van der Waals surface area contributed by atoms with E-state index >= 15 is 0 Å². The third kappa shape index (κ3) is 3.54. The van der Waals surface area contributed by atoms with Crippen LogP contribution >= 0.6 is 50.7 Å². The molecule has 0 N–H and O–H groups in total. The van der Waals surface area contributed by atoms with Gasteiger partial charge in [-0.1, -0.05) is 29.3 Å². The van der Waals surface area contributed by atoms with Crippen LogP contribution in [0.1, 0.15) is 5.56 Å². The van der Waals surface area contributed by atoms with Gasteiger partial charge in [0.05, 0.1) is 10.0 Å². The maximum Gasteiger partial charge on any atom is 0.166 e. The molecule has 0 bridgehead atoms. The zero-order valence-electron chi connectivity index (χ0n) is 9.39. The number of alkyl halides is 1. The molecule has 0 aliphatic rings. The van der Waals surface area contributed by atoms with E-state index in [4.69, 9.17) is 39.5 Å². The summed E-state index contributed by atoms with van der Waals surface area (Å²) in [6, 6.07) is 7.60. The molecule has 0 aliphatic carbocycles. The first-order valence-corrected chi connectivity index (χ1v) is 7.26. The van der Waals surface area contributed by atoms with Crippen LogP contribution in [0, 0.1) is 5.82 Å². The van der Waals surface area contributed by atoms with E-state index in [-0.39, 0.29) is 17.4 Å². The Hall–Kier alpha value is -0.480. The van der Waals surface area contributed by atoms with E-state index in [0.717, 1.165) is 0 Å². The first-order chi connectivity index (χ1) is 9.01. The molecule has 1 nitrogen and oxygen atoms in total. The molecular weight excluding hydrogens is 377 g/mol. The Morgan fingerprint density at radius 2 is 1.79 bits per heavy atom. The maximum absolute atomic E-state index is 13.8. The van der Waals surface area contributed by atoms with E-state index < -0.39 is 5.82 Å². The monoisotopic (exact) mass is 382 g/mol. The number of hydrogen-bond donors (Lipinski definition) is 0. The van der Waals surface area contributed by atoms with Crippen LogP contribution in [-0.2, 0) is 5.88 Å². The lowest BCUT2D eigenvalue weighted by Gasteiger charge is -2.10. The van der Waals surface area contributed by atoms with Crippen molar-refractivity contribution in [3.63, 3.8) is 0 Å². The van der Waals surface area contributed by atoms with E-state index in [1.54, 1.807) is 12.1 Å². The van der Waals surface area contributed by atoms with Crippen LogP contribution in [0.15, 0.2) is 34.8 Å². The largest absolute Gasteiger partial charge is 0.453 e. The van der Waals surface area contributed by atoms with Crippen molar-refractivity contribution in [1.29, 1.82) is 0 Å². The van der Waals surface area contributed by atoms with Gasteiger partial charge in [0.25, 0.3) is 0 Å². The molecule has 19 heavy (non-hydrogen) atoms. The summed E-state index contributed by atoms with van der Waals surface area (Å²) in [5, 5.41) is 0.759. The molecule has 6 heteroatoms. The van der Waals surface area contributed by atoms with Gasteiger partial charge in [-0.05, 0) is 39.7 Å². The lowest BCUT2D eigenvalue weighted by Crippen LogP contribution is -1.91. The first kappa shape index (κ1) is 14.9. The van der Waals surface area contributed by atoms with Gasteiger partial charge in [-0.3, -0.25) is 0 Å². The topological polar surface area (TPSA) is 9.23 Å². The number of benzene rings is 2. The zero-order valence-corrected chi connectivity index (χ0v) is 13.2. The predicted molar refractivity (Wildman–Crippen MR) is 80.2 cm³/mol. The smallest absolute Gasteiger partial charge is 0.166 e. The Morgan fingerprint density at radius 1 is 1.05 bits per heavy atom. The molecule has 100 valence electrons. The molecule has 2 aromatic rings. The molecule has 0 fully saturated rings. The molecule has 2 aromatic carbocycles. The third-order valence-corrected chi connectivity index (χ3v) is 4.15. The minimum atomic E-state index is -0.506. The SMILES string of the molecule is Fc1cc(CCl)ccc1Oc1cc(Cl)c(Br)cc1Cl. The average molecular weight is 384 g/mol. The van der Waals surface area contributed by atoms with Gasteiger partial charge in [0, 0.05) is 16.4 Å². The molecule has 0 unspecified atom stereocenters. The van der Waals surface area contributed by atoms with Crippen LogP contribution in [0.4, 0.5) is 4.39 Å². The van der Waals surface area contributed by atoms with E-state index in [9.17, 15) is 4.39 Å². The molecule has 0 aromatic heterocycles. The van der Waals surface area contributed by atoms with Crippen molar-refractivity contribution < 1.29 is 9.13 Å². The van der Waals surface area contributed by atoms with Crippen LogP contribution in [0.5, 0.6) is 11.5 Å². The summed E-state index contributed by atoms with van der Waals surface area (Å²) in [6.07, 6.45) is 0. The Balaban J connectivity index is 2.33. The number of halogens is 5. The van der Waals surface area contributed by atoms with Crippen molar-refractivity contribution in [2.45, 2.75) is 5.88 Å². The number of hydrogen-bond acceptors (Lipinski definition) is 1. The summed E-state index contributed by atoms with van der Waals surface area (Å²) in [5.74, 6) is 0.0806. The molecule has 0 atom stereocenters. The third-order valence-electron chi connectivity index (χ3n) is 2.35. The van der Waals surface area contributed by atoms with Gasteiger partial charge in [-0.2, -0.15) is 0 Å². The molecule has 0 radical (unpaired) electrons. The highest BCUT2D eigenvalue weighted by molar-refractivity contribution is 9.10. The fourth-order valence-corrected chi connectivity index (χ4v) is 2.41. The quantitative estimate of drug-likeness (QED) is 0.438. The zero-order chi connectivity index (χ0) is 14.0. The van der Waals surface area contributed by atoms with Gasteiger partial charge in [0.1, 0.15) is 5.75 Å². The summed E-state index contributed by atoms with van der Waals surface area (Å²) in [6.45, 7) is 0. The average Bonchev–Trinajstić information content (AvgIpc) is 2.38. The predicted octanol–water partition coefficient (Wildman–Crippen LogP) is 6.43. The molecule has 0 amide bonds. The molecular formula is C13H7BrCl3FO. The first-order valence-electron chi connectivity index (χ1n) is 5.18. The van der Waals surface area contributed by atoms with Crippen molar-refractivity contribution in [1.82, 2.24) is 0 Å². The molecule has 0 saturated heterocycles. The standard InChI is InChI=1S/C13H7BrCl3FO/c14-8-4-10(17)13(5-9(8)16)19-12-2-1-7(6-15)3-11(12)18/h1-5H,6H2. The highest BCUT2D eigenvalue weighted by atomic mass is 79.9. The highest BCUT2D eigenvalue weighted by Gasteiger charge is 2.11. The van der Waals surface area contributed by atoms with Gasteiger partial charge in [-0.15, -0.1) is 11.6 Å². The Labute approximate surface area is 133 Å². The summed E-state index contributed by atoms with van der Waals surface area (Å²) in [7, 11) is 0. The lowest BCUT2D eigenvalue weighted by atomic mass is 10.2. The van der Waals surface area contributed by atoms with Crippen LogP contribution in [0.3, 0.4) is 0 Å². The van der Waals surface area contributed by atoms with Gasteiger partial charge in [0.2, 0.25) is 0 Å². The van der Waals surface area contributed by atoms with Crippen molar-refractivity contribution in [2.75, 3.05) is 0 Å². The van der Waals surface area contributed by atoms with Crippen LogP contribution < -0.4 is 4.74 Å². The molecule has 0 spiro atoms. The summed E-state index contributed by atoms with van der Waals surface area (Å²) in [4.78, 5) is 0. The van der Waals surface area contributed by atoms with E-state index in [2.05, 4.69) is 15.9 Å². The minimum Gasteiger partial charge on any atom is -0.453 e. The molecule has 0 saturated carbocycles. The van der Waals surface area contributed by atoms with Crippen molar-refractivity contribution in [2.24, 2.45) is 0 Å². The Morgan fingerprint density at radius 3 is 2.42 bits per heavy atom.